The molecule has 0 aliphatic heterocycles. The smallest absolute Gasteiger partial charge is 0.164 e. The van der Waals surface area contributed by atoms with Crippen LogP contribution in [0.4, 0.5) is 0 Å². The second-order valence-electron chi connectivity index (χ2n) is 14.7. The van der Waals surface area contributed by atoms with Crippen molar-refractivity contribution >= 4 is 43.1 Å². The molecule has 0 fully saturated rings. The number of hydrogen-bond acceptors (Lipinski definition) is 3. The average Bonchev–Trinajstić information content (AvgIpc) is 3.31. The Hall–Kier alpha value is -7.75. The van der Waals surface area contributed by atoms with Crippen molar-refractivity contribution in [1.82, 2.24) is 15.0 Å². The van der Waals surface area contributed by atoms with Crippen LogP contribution in [0.15, 0.2) is 212 Å². The first kappa shape index (κ1) is 33.6. The lowest BCUT2D eigenvalue weighted by molar-refractivity contribution is 1.07. The monoisotopic (exact) mass is 737 g/mol. The fourth-order valence-corrected chi connectivity index (χ4v) is 8.60. The zero-order valence-electron chi connectivity index (χ0n) is 31.5. The predicted molar refractivity (Wildman–Crippen MR) is 242 cm³/mol. The van der Waals surface area contributed by atoms with Gasteiger partial charge in [0.2, 0.25) is 0 Å². The lowest BCUT2D eigenvalue weighted by Crippen LogP contribution is -2.01. The molecule has 270 valence electrons. The highest BCUT2D eigenvalue weighted by atomic mass is 15.0. The van der Waals surface area contributed by atoms with E-state index >= 15 is 0 Å². The summed E-state index contributed by atoms with van der Waals surface area (Å²) in [6, 6.07) is 75.4. The molecule has 3 heteroatoms. The maximum atomic E-state index is 5.23. The van der Waals surface area contributed by atoms with Crippen molar-refractivity contribution in [2.45, 2.75) is 0 Å². The number of rotatable bonds is 6. The Morgan fingerprint density at radius 3 is 1.43 bits per heavy atom. The predicted octanol–water partition coefficient (Wildman–Crippen LogP) is 14.5. The highest BCUT2D eigenvalue weighted by Gasteiger charge is 2.18. The number of aromatic nitrogens is 3. The molecule has 10 aromatic carbocycles. The summed E-state index contributed by atoms with van der Waals surface area (Å²) in [5.41, 5.74) is 9.62. The molecule has 0 saturated heterocycles. The van der Waals surface area contributed by atoms with E-state index in [-0.39, 0.29) is 0 Å². The zero-order chi connectivity index (χ0) is 38.4. The normalized spacial score (nSPS) is 11.4. The zero-order valence-corrected chi connectivity index (χ0v) is 31.5. The second kappa shape index (κ2) is 14.1. The van der Waals surface area contributed by atoms with E-state index < -0.39 is 0 Å². The Morgan fingerprint density at radius 1 is 0.224 bits per heavy atom. The Bertz CT molecular complexity index is 3300. The molecule has 58 heavy (non-hydrogen) atoms. The SMILES string of the molecule is c1ccc(-c2nc(-c3cccc(-c4c(-c5ccc6c7ccccc7c7ccccc7c6c5)ccc5ccccc45)c3)nc(-c3ccccc3-c3ccccc3)n2)cc1. The summed E-state index contributed by atoms with van der Waals surface area (Å²) in [5.74, 6) is 1.89. The fraction of sp³-hybridized carbons (Fsp3) is 0. The molecule has 0 N–H and O–H groups in total. The van der Waals surface area contributed by atoms with E-state index in [4.69, 9.17) is 15.0 Å². The number of nitrogens with zero attached hydrogens (tertiary/aromatic N) is 3. The Balaban J connectivity index is 1.11. The van der Waals surface area contributed by atoms with E-state index in [0.717, 1.165) is 33.4 Å². The molecule has 11 rings (SSSR count). The quantitative estimate of drug-likeness (QED) is 0.160. The maximum Gasteiger partial charge on any atom is 0.164 e. The highest BCUT2D eigenvalue weighted by molar-refractivity contribution is 6.26. The molecule has 11 aromatic rings. The van der Waals surface area contributed by atoms with Gasteiger partial charge in [0, 0.05) is 16.7 Å². The van der Waals surface area contributed by atoms with Crippen LogP contribution in [0.25, 0.3) is 111 Å². The van der Waals surface area contributed by atoms with E-state index in [1.165, 1.54) is 59.8 Å². The summed E-state index contributed by atoms with van der Waals surface area (Å²) in [5, 5.41) is 9.98. The molecular formula is C55H35N3. The van der Waals surface area contributed by atoms with Gasteiger partial charge in [-0.1, -0.05) is 200 Å². The minimum atomic E-state index is 0.624. The molecule has 0 amide bonds. The van der Waals surface area contributed by atoms with Crippen LogP contribution in [0.5, 0.6) is 0 Å². The fourth-order valence-electron chi connectivity index (χ4n) is 8.60. The molecule has 0 aliphatic carbocycles. The molecule has 0 unspecified atom stereocenters. The van der Waals surface area contributed by atoms with Crippen molar-refractivity contribution in [1.29, 1.82) is 0 Å². The van der Waals surface area contributed by atoms with Gasteiger partial charge in [-0.2, -0.15) is 0 Å². The van der Waals surface area contributed by atoms with Crippen molar-refractivity contribution in [3.8, 4) is 67.5 Å². The van der Waals surface area contributed by atoms with E-state index in [2.05, 4.69) is 182 Å². The van der Waals surface area contributed by atoms with Crippen LogP contribution in [0.3, 0.4) is 0 Å². The summed E-state index contributed by atoms with van der Waals surface area (Å²) in [6.45, 7) is 0. The minimum absolute atomic E-state index is 0.624. The summed E-state index contributed by atoms with van der Waals surface area (Å²) < 4.78 is 0. The highest BCUT2D eigenvalue weighted by Crippen LogP contribution is 2.43. The molecule has 0 bridgehead atoms. The van der Waals surface area contributed by atoms with E-state index in [1.807, 2.05) is 30.3 Å². The van der Waals surface area contributed by atoms with E-state index in [0.29, 0.717) is 17.5 Å². The van der Waals surface area contributed by atoms with Gasteiger partial charge in [-0.05, 0) is 88.6 Å². The maximum absolute atomic E-state index is 5.23. The molecule has 0 aliphatic rings. The van der Waals surface area contributed by atoms with Crippen molar-refractivity contribution in [3.63, 3.8) is 0 Å². The van der Waals surface area contributed by atoms with Crippen LogP contribution in [-0.4, -0.2) is 15.0 Å². The summed E-state index contributed by atoms with van der Waals surface area (Å²) in [4.78, 5) is 15.5. The lowest BCUT2D eigenvalue weighted by atomic mass is 9.87. The number of benzene rings is 10. The molecule has 0 spiro atoms. The van der Waals surface area contributed by atoms with Crippen molar-refractivity contribution in [2.75, 3.05) is 0 Å². The first-order valence-electron chi connectivity index (χ1n) is 19.7. The third-order valence-electron chi connectivity index (χ3n) is 11.3. The molecule has 1 aromatic heterocycles. The molecule has 0 atom stereocenters. The minimum Gasteiger partial charge on any atom is -0.208 e. The average molecular weight is 738 g/mol. The molecular weight excluding hydrogens is 703 g/mol. The van der Waals surface area contributed by atoms with Gasteiger partial charge in [0.15, 0.2) is 17.5 Å². The van der Waals surface area contributed by atoms with E-state index in [1.54, 1.807) is 0 Å². The van der Waals surface area contributed by atoms with Crippen LogP contribution in [0.1, 0.15) is 0 Å². The number of hydrogen-bond donors (Lipinski definition) is 0. The lowest BCUT2D eigenvalue weighted by Gasteiger charge is -2.17. The molecule has 0 radical (unpaired) electrons. The first-order valence-corrected chi connectivity index (χ1v) is 19.7. The van der Waals surface area contributed by atoms with Crippen molar-refractivity contribution in [3.05, 3.63) is 212 Å². The summed E-state index contributed by atoms with van der Waals surface area (Å²) in [6.07, 6.45) is 0. The topological polar surface area (TPSA) is 38.7 Å². The second-order valence-corrected chi connectivity index (χ2v) is 14.7. The van der Waals surface area contributed by atoms with Crippen LogP contribution in [-0.2, 0) is 0 Å². The summed E-state index contributed by atoms with van der Waals surface area (Å²) in [7, 11) is 0. The third kappa shape index (κ3) is 5.80. The molecule has 1 heterocycles. The van der Waals surface area contributed by atoms with Crippen molar-refractivity contribution < 1.29 is 0 Å². The Morgan fingerprint density at radius 2 is 0.724 bits per heavy atom. The van der Waals surface area contributed by atoms with Gasteiger partial charge >= 0.3 is 0 Å². The first-order chi connectivity index (χ1) is 28.8. The van der Waals surface area contributed by atoms with Gasteiger partial charge < -0.3 is 0 Å². The Kier molecular flexibility index (Phi) is 8.15. The van der Waals surface area contributed by atoms with Gasteiger partial charge in [0.05, 0.1) is 0 Å². The number of fused-ring (bicyclic) bond motifs is 7. The standard InChI is InChI=1S/C55H35N3/c1-3-16-36(17-4-1)42-23-9-14-29-50(42)55-57-53(38-19-5-2-6-20-38)56-54(58-55)41-22-15-21-40(34-41)52-43-24-8-7-18-37(43)30-32-44(52)39-31-33-49-47-27-11-10-25-45(47)46-26-12-13-28-48(46)51(49)35-39/h1-35H. The van der Waals surface area contributed by atoms with Gasteiger partial charge in [-0.25, -0.2) is 15.0 Å². The third-order valence-corrected chi connectivity index (χ3v) is 11.3. The molecule has 3 nitrogen and oxygen atoms in total. The van der Waals surface area contributed by atoms with Gasteiger partial charge in [0.1, 0.15) is 0 Å². The Labute approximate surface area is 336 Å². The summed E-state index contributed by atoms with van der Waals surface area (Å²) >= 11 is 0. The van der Waals surface area contributed by atoms with Crippen LogP contribution >= 0.6 is 0 Å². The van der Waals surface area contributed by atoms with Crippen molar-refractivity contribution in [2.24, 2.45) is 0 Å². The molecule has 0 saturated carbocycles. The van der Waals surface area contributed by atoms with Crippen LogP contribution < -0.4 is 0 Å². The largest absolute Gasteiger partial charge is 0.208 e. The van der Waals surface area contributed by atoms with Gasteiger partial charge in [-0.15, -0.1) is 0 Å². The van der Waals surface area contributed by atoms with Crippen LogP contribution in [0.2, 0.25) is 0 Å². The van der Waals surface area contributed by atoms with Gasteiger partial charge in [-0.3, -0.25) is 0 Å². The van der Waals surface area contributed by atoms with Gasteiger partial charge in [0.25, 0.3) is 0 Å². The van der Waals surface area contributed by atoms with Crippen LogP contribution in [0, 0.1) is 0 Å². The van der Waals surface area contributed by atoms with E-state index in [9.17, 15) is 0 Å².